The lowest BCUT2D eigenvalue weighted by atomic mass is 10.2. The van der Waals surface area contributed by atoms with E-state index in [-0.39, 0.29) is 5.56 Å². The van der Waals surface area contributed by atoms with Crippen molar-refractivity contribution in [3.63, 3.8) is 0 Å². The van der Waals surface area contributed by atoms with E-state index in [0.29, 0.717) is 16.1 Å². The van der Waals surface area contributed by atoms with Gasteiger partial charge in [-0.15, -0.1) is 0 Å². The Morgan fingerprint density at radius 3 is 2.48 bits per heavy atom. The van der Waals surface area contributed by atoms with Gasteiger partial charge in [0.2, 0.25) is 0 Å². The van der Waals surface area contributed by atoms with Crippen LogP contribution in [-0.2, 0) is 16.6 Å². The molecule has 0 aliphatic rings. The molecule has 2 rings (SSSR count). The topological polar surface area (TPSA) is 100 Å². The summed E-state index contributed by atoms with van der Waals surface area (Å²) in [5.74, 6) is -1.12. The maximum absolute atomic E-state index is 12.2. The molecule has 0 radical (unpaired) electrons. The van der Waals surface area contributed by atoms with E-state index in [9.17, 15) is 14.8 Å². The molecule has 2 aromatic rings. The number of rotatable bonds is 4. The van der Waals surface area contributed by atoms with Gasteiger partial charge in [0, 0.05) is 19.2 Å². The lowest BCUT2D eigenvalue weighted by molar-refractivity contribution is -0.605. The summed E-state index contributed by atoms with van der Waals surface area (Å²) in [6.45, 7) is 5.08. The van der Waals surface area contributed by atoms with Crippen molar-refractivity contribution in [3.8, 4) is 0 Å². The van der Waals surface area contributed by atoms with Crippen LogP contribution in [0.15, 0.2) is 24.5 Å². The summed E-state index contributed by atoms with van der Waals surface area (Å²) < 4.78 is 7.32. The molecule has 2 heterocycles. The van der Waals surface area contributed by atoms with Crippen LogP contribution in [0.1, 0.15) is 28.7 Å². The van der Waals surface area contributed by atoms with Crippen molar-refractivity contribution in [1.82, 2.24) is 9.78 Å². The summed E-state index contributed by atoms with van der Waals surface area (Å²) in [7, 11) is 1.78. The third-order valence-corrected chi connectivity index (χ3v) is 3.45. The zero-order valence-electron chi connectivity index (χ0n) is 13.4. The standard InChI is InChI=1S/C15H18N4O4/c1-9-13(10(2)18(4)17-9)16-14(20)11(3)23-15(21)12-5-7-19(22)8-6-12/h5-8,11H,1-4H3,(H,16,20)/t11-/m1/s1. The Morgan fingerprint density at radius 2 is 1.96 bits per heavy atom. The van der Waals surface area contributed by atoms with E-state index < -0.39 is 18.0 Å². The summed E-state index contributed by atoms with van der Waals surface area (Å²) in [5, 5.41) is 17.8. The first-order valence-electron chi connectivity index (χ1n) is 7.00. The van der Waals surface area contributed by atoms with Gasteiger partial charge in [-0.05, 0) is 20.8 Å². The number of aryl methyl sites for hydroxylation is 2. The zero-order valence-corrected chi connectivity index (χ0v) is 13.4. The second-order valence-electron chi connectivity index (χ2n) is 5.15. The number of esters is 1. The Kier molecular flexibility index (Phi) is 4.63. The van der Waals surface area contributed by atoms with Crippen LogP contribution in [0.5, 0.6) is 0 Å². The van der Waals surface area contributed by atoms with Gasteiger partial charge in [0.05, 0.1) is 22.6 Å². The van der Waals surface area contributed by atoms with E-state index in [1.54, 1.807) is 18.7 Å². The second kappa shape index (κ2) is 6.47. The van der Waals surface area contributed by atoms with E-state index >= 15 is 0 Å². The lowest BCUT2D eigenvalue weighted by Crippen LogP contribution is -2.31. The van der Waals surface area contributed by atoms with Crippen LogP contribution in [0.3, 0.4) is 0 Å². The molecule has 122 valence electrons. The molecule has 1 N–H and O–H groups in total. The van der Waals surface area contributed by atoms with Crippen molar-refractivity contribution in [3.05, 3.63) is 46.7 Å². The number of anilines is 1. The van der Waals surface area contributed by atoms with Crippen LogP contribution in [0.2, 0.25) is 0 Å². The van der Waals surface area contributed by atoms with Crippen LogP contribution in [-0.4, -0.2) is 27.8 Å². The summed E-state index contributed by atoms with van der Waals surface area (Å²) in [5.41, 5.74) is 2.29. The molecule has 0 aromatic carbocycles. The second-order valence-corrected chi connectivity index (χ2v) is 5.15. The van der Waals surface area contributed by atoms with Gasteiger partial charge < -0.3 is 15.3 Å². The normalized spacial score (nSPS) is 11.8. The molecule has 0 aliphatic carbocycles. The Hall–Kier alpha value is -2.90. The van der Waals surface area contributed by atoms with Crippen LogP contribution >= 0.6 is 0 Å². The Balaban J connectivity index is 2.02. The van der Waals surface area contributed by atoms with E-state index in [0.717, 1.165) is 5.69 Å². The van der Waals surface area contributed by atoms with Gasteiger partial charge in [0.1, 0.15) is 0 Å². The molecule has 0 unspecified atom stereocenters. The first kappa shape index (κ1) is 16.5. The number of amides is 1. The number of ether oxygens (including phenoxy) is 1. The van der Waals surface area contributed by atoms with Gasteiger partial charge in [0.25, 0.3) is 5.91 Å². The molecule has 0 fully saturated rings. The number of carbonyl (C=O) groups excluding carboxylic acids is 2. The minimum Gasteiger partial charge on any atom is -0.619 e. The van der Waals surface area contributed by atoms with Gasteiger partial charge in [0.15, 0.2) is 18.5 Å². The molecule has 8 heteroatoms. The number of hydrogen-bond acceptors (Lipinski definition) is 5. The fourth-order valence-corrected chi connectivity index (χ4v) is 2.01. The Morgan fingerprint density at radius 1 is 1.35 bits per heavy atom. The van der Waals surface area contributed by atoms with Crippen LogP contribution < -0.4 is 10.0 Å². The Bertz CT molecular complexity index is 737. The first-order valence-corrected chi connectivity index (χ1v) is 7.00. The number of aromatic nitrogens is 3. The van der Waals surface area contributed by atoms with E-state index in [4.69, 9.17) is 4.74 Å². The predicted octanol–water partition coefficient (Wildman–Crippen LogP) is 0.854. The fourth-order valence-electron chi connectivity index (χ4n) is 2.01. The number of pyridine rings is 1. The zero-order chi connectivity index (χ0) is 17.1. The number of nitrogens with zero attached hydrogens (tertiary/aromatic N) is 3. The minimum atomic E-state index is -0.985. The summed E-state index contributed by atoms with van der Waals surface area (Å²) in [6, 6.07) is 2.66. The monoisotopic (exact) mass is 318 g/mol. The number of carbonyl (C=O) groups is 2. The van der Waals surface area contributed by atoms with E-state index in [1.165, 1.54) is 31.5 Å². The molecular weight excluding hydrogens is 300 g/mol. The Labute approximate surface area is 133 Å². The highest BCUT2D eigenvalue weighted by molar-refractivity contribution is 5.97. The van der Waals surface area contributed by atoms with Gasteiger partial charge >= 0.3 is 5.97 Å². The fraction of sp³-hybridized carbons (Fsp3) is 0.333. The van der Waals surface area contributed by atoms with E-state index in [1.807, 2.05) is 6.92 Å². The molecule has 0 saturated heterocycles. The van der Waals surface area contributed by atoms with Crippen molar-refractivity contribution in [2.75, 3.05) is 5.32 Å². The van der Waals surface area contributed by atoms with Gasteiger partial charge in [-0.2, -0.15) is 9.83 Å². The van der Waals surface area contributed by atoms with Gasteiger partial charge in [-0.1, -0.05) is 0 Å². The third-order valence-electron chi connectivity index (χ3n) is 3.45. The van der Waals surface area contributed by atoms with Crippen molar-refractivity contribution in [2.45, 2.75) is 26.9 Å². The smallest absolute Gasteiger partial charge is 0.339 e. The molecule has 0 saturated carbocycles. The van der Waals surface area contributed by atoms with Crippen LogP contribution in [0.25, 0.3) is 0 Å². The van der Waals surface area contributed by atoms with Gasteiger partial charge in [-0.3, -0.25) is 9.48 Å². The summed E-state index contributed by atoms with van der Waals surface area (Å²) >= 11 is 0. The quantitative estimate of drug-likeness (QED) is 0.512. The molecular formula is C15H18N4O4. The molecule has 0 aliphatic heterocycles. The average molecular weight is 318 g/mol. The SMILES string of the molecule is Cc1nn(C)c(C)c1NC(=O)[C@@H](C)OC(=O)c1cc[n+]([O-])cc1. The number of hydrogen-bond donors (Lipinski definition) is 1. The molecule has 2 aromatic heterocycles. The van der Waals surface area contributed by atoms with Crippen LogP contribution in [0.4, 0.5) is 5.69 Å². The largest absolute Gasteiger partial charge is 0.619 e. The predicted molar refractivity (Wildman–Crippen MR) is 81.6 cm³/mol. The van der Waals surface area contributed by atoms with E-state index in [2.05, 4.69) is 10.4 Å². The summed E-state index contributed by atoms with van der Waals surface area (Å²) in [6.07, 6.45) is 1.38. The van der Waals surface area contributed by atoms with Crippen molar-refractivity contribution >= 4 is 17.6 Å². The highest BCUT2D eigenvalue weighted by Crippen LogP contribution is 2.18. The summed E-state index contributed by atoms with van der Waals surface area (Å²) in [4.78, 5) is 24.1. The first-order chi connectivity index (χ1) is 10.8. The highest BCUT2D eigenvalue weighted by Gasteiger charge is 2.21. The molecule has 1 amide bonds. The molecule has 1 atom stereocenters. The lowest BCUT2D eigenvalue weighted by Gasteiger charge is -2.13. The molecule has 0 spiro atoms. The number of nitrogens with one attached hydrogen (secondary N) is 1. The molecule has 8 nitrogen and oxygen atoms in total. The highest BCUT2D eigenvalue weighted by atomic mass is 16.5. The maximum atomic E-state index is 12.2. The van der Waals surface area contributed by atoms with Crippen molar-refractivity contribution in [2.24, 2.45) is 7.05 Å². The maximum Gasteiger partial charge on any atom is 0.339 e. The minimum absolute atomic E-state index is 0.200. The van der Waals surface area contributed by atoms with Gasteiger partial charge in [-0.25, -0.2) is 4.79 Å². The third kappa shape index (κ3) is 3.65. The molecule has 0 bridgehead atoms. The molecule has 23 heavy (non-hydrogen) atoms. The van der Waals surface area contributed by atoms with Crippen molar-refractivity contribution in [1.29, 1.82) is 0 Å². The van der Waals surface area contributed by atoms with Crippen molar-refractivity contribution < 1.29 is 19.1 Å². The van der Waals surface area contributed by atoms with Crippen LogP contribution in [0, 0.1) is 19.1 Å². The average Bonchev–Trinajstić information content (AvgIpc) is 2.74.